The minimum atomic E-state index is -0.424. The largest absolute Gasteiger partial charge is 0.504 e. The normalized spacial score (nSPS) is 20.1. The van der Waals surface area contributed by atoms with E-state index in [1.807, 2.05) is 13.8 Å². The fraction of sp³-hybridized carbons (Fsp3) is 0.562. The van der Waals surface area contributed by atoms with Crippen molar-refractivity contribution in [2.24, 2.45) is 16.6 Å². The number of aromatic hydroxyl groups is 1. The van der Waals surface area contributed by atoms with Crippen LogP contribution in [0.3, 0.4) is 0 Å². The Morgan fingerprint density at radius 1 is 1.38 bits per heavy atom. The number of phenols is 1. The van der Waals surface area contributed by atoms with Crippen LogP contribution in [0.15, 0.2) is 4.99 Å². The molecular weight excluding hydrogens is 312 g/mol. The van der Waals surface area contributed by atoms with Crippen molar-refractivity contribution >= 4 is 5.96 Å². The number of benzene rings is 1. The van der Waals surface area contributed by atoms with E-state index in [2.05, 4.69) is 10.4 Å². The van der Waals surface area contributed by atoms with Gasteiger partial charge >= 0.3 is 0 Å². The smallest absolute Gasteiger partial charge is 0.207 e. The van der Waals surface area contributed by atoms with Crippen LogP contribution < -0.4 is 31.2 Å². The van der Waals surface area contributed by atoms with E-state index in [1.165, 1.54) is 14.2 Å². The molecule has 0 amide bonds. The monoisotopic (exact) mass is 338 g/mol. The number of methoxy groups -OCH3 is 2. The van der Waals surface area contributed by atoms with E-state index in [0.717, 1.165) is 24.0 Å². The summed E-state index contributed by atoms with van der Waals surface area (Å²) in [6.45, 7) is 4.35. The van der Waals surface area contributed by atoms with E-state index >= 15 is 0 Å². The molecule has 1 heterocycles. The Morgan fingerprint density at radius 2 is 2.04 bits per heavy atom. The lowest BCUT2D eigenvalue weighted by Gasteiger charge is -2.37. The lowest BCUT2D eigenvalue weighted by molar-refractivity contribution is 0.0543. The average Bonchev–Trinajstić information content (AvgIpc) is 2.57. The van der Waals surface area contributed by atoms with Crippen LogP contribution in [0.4, 0.5) is 0 Å². The first-order valence-electron chi connectivity index (χ1n) is 7.78. The number of phenolic OH excluding ortho intramolecular Hbond substituents is 1. The van der Waals surface area contributed by atoms with Crippen molar-refractivity contribution in [1.29, 1.82) is 0 Å². The quantitative estimate of drug-likeness (QED) is 0.273. The first-order valence-corrected chi connectivity index (χ1v) is 7.78. The highest BCUT2D eigenvalue weighted by Gasteiger charge is 2.36. The fourth-order valence-electron chi connectivity index (χ4n) is 2.94. The molecule has 0 fully saturated rings. The third-order valence-electron chi connectivity index (χ3n) is 4.44. The van der Waals surface area contributed by atoms with E-state index in [4.69, 9.17) is 25.8 Å². The van der Waals surface area contributed by atoms with Gasteiger partial charge in [-0.15, -0.1) is 0 Å². The van der Waals surface area contributed by atoms with Crippen molar-refractivity contribution in [3.05, 3.63) is 11.1 Å². The zero-order valence-electron chi connectivity index (χ0n) is 14.6. The number of hydrogen-bond donors (Lipinski definition) is 4. The Balaban J connectivity index is 2.33. The third kappa shape index (κ3) is 3.28. The molecule has 0 aromatic heterocycles. The molecule has 0 saturated heterocycles. The molecule has 0 aliphatic carbocycles. The van der Waals surface area contributed by atoms with Crippen LogP contribution in [-0.2, 0) is 6.42 Å². The number of nitrogens with zero attached hydrogens (tertiary/aromatic N) is 1. The Kier molecular flexibility index (Phi) is 5.28. The average molecular weight is 338 g/mol. The number of fused-ring (bicyclic) bond motifs is 1. The number of hydrogen-bond acceptors (Lipinski definition) is 6. The van der Waals surface area contributed by atoms with Gasteiger partial charge in [0.25, 0.3) is 0 Å². The van der Waals surface area contributed by atoms with Crippen LogP contribution in [0.1, 0.15) is 30.9 Å². The zero-order valence-corrected chi connectivity index (χ0v) is 14.6. The van der Waals surface area contributed by atoms with Crippen LogP contribution in [0.25, 0.3) is 0 Å². The van der Waals surface area contributed by atoms with Gasteiger partial charge in [0.1, 0.15) is 5.60 Å². The van der Waals surface area contributed by atoms with Crippen LogP contribution in [0.2, 0.25) is 0 Å². The number of aliphatic imine (C=N–C) groups is 1. The zero-order chi connectivity index (χ0) is 17.9. The summed E-state index contributed by atoms with van der Waals surface area (Å²) in [4.78, 5) is 4.13. The molecule has 6 N–H and O–H groups in total. The Hall–Kier alpha value is -2.35. The highest BCUT2D eigenvalue weighted by atomic mass is 16.5. The van der Waals surface area contributed by atoms with E-state index in [9.17, 15) is 5.11 Å². The second-order valence-electron chi connectivity index (χ2n) is 6.06. The Bertz CT molecular complexity index is 648. The van der Waals surface area contributed by atoms with Crippen molar-refractivity contribution < 1.29 is 19.3 Å². The molecule has 1 aliphatic heterocycles. The highest BCUT2D eigenvalue weighted by Crippen LogP contribution is 2.52. The maximum absolute atomic E-state index is 10.3. The predicted molar refractivity (Wildman–Crippen MR) is 91.7 cm³/mol. The van der Waals surface area contributed by atoms with Crippen molar-refractivity contribution in [2.75, 3.05) is 20.8 Å². The molecule has 8 heteroatoms. The van der Waals surface area contributed by atoms with Gasteiger partial charge < -0.3 is 25.1 Å². The summed E-state index contributed by atoms with van der Waals surface area (Å²) in [6.07, 6.45) is 2.22. The van der Waals surface area contributed by atoms with Gasteiger partial charge in [-0.25, -0.2) is 5.84 Å². The predicted octanol–water partition coefficient (Wildman–Crippen LogP) is 0.970. The number of nitrogens with two attached hydrogens (primary N) is 2. The number of guanidine groups is 1. The molecule has 1 unspecified atom stereocenters. The fourth-order valence-corrected chi connectivity index (χ4v) is 2.94. The van der Waals surface area contributed by atoms with Gasteiger partial charge in [0.15, 0.2) is 11.5 Å². The van der Waals surface area contributed by atoms with Gasteiger partial charge in [0.05, 0.1) is 14.2 Å². The molecule has 24 heavy (non-hydrogen) atoms. The summed E-state index contributed by atoms with van der Waals surface area (Å²) in [5.41, 5.74) is 9.10. The van der Waals surface area contributed by atoms with Crippen molar-refractivity contribution in [2.45, 2.75) is 38.7 Å². The van der Waals surface area contributed by atoms with Crippen molar-refractivity contribution in [3.63, 3.8) is 0 Å². The van der Waals surface area contributed by atoms with Gasteiger partial charge in [-0.3, -0.25) is 10.4 Å². The van der Waals surface area contributed by atoms with Crippen LogP contribution >= 0.6 is 0 Å². The van der Waals surface area contributed by atoms with Crippen LogP contribution in [-0.4, -0.2) is 37.4 Å². The second kappa shape index (κ2) is 7.04. The molecular formula is C16H26N4O4. The molecule has 1 aromatic carbocycles. The summed E-state index contributed by atoms with van der Waals surface area (Å²) in [6, 6.07) is 0. The lowest BCUT2D eigenvalue weighted by atomic mass is 9.87. The van der Waals surface area contributed by atoms with Crippen LogP contribution in [0.5, 0.6) is 23.0 Å². The third-order valence-corrected chi connectivity index (χ3v) is 4.44. The molecule has 1 aliphatic rings. The minimum absolute atomic E-state index is 0.0895. The Morgan fingerprint density at radius 3 is 2.62 bits per heavy atom. The van der Waals surface area contributed by atoms with Gasteiger partial charge in [0.2, 0.25) is 17.5 Å². The molecule has 8 nitrogen and oxygen atoms in total. The molecule has 0 bridgehead atoms. The topological polar surface area (TPSA) is 124 Å². The lowest BCUT2D eigenvalue weighted by Crippen LogP contribution is -2.39. The van der Waals surface area contributed by atoms with Gasteiger partial charge in [0, 0.05) is 24.1 Å². The first-order chi connectivity index (χ1) is 11.4. The van der Waals surface area contributed by atoms with Crippen LogP contribution in [0, 0.1) is 6.92 Å². The highest BCUT2D eigenvalue weighted by molar-refractivity contribution is 5.77. The summed E-state index contributed by atoms with van der Waals surface area (Å²) in [5, 5.41) is 10.3. The SMILES string of the molecule is COc1c(O)c(C)c2c(c1OC)OC(C)(CCN=C(N)NN)CC2. The maximum atomic E-state index is 10.3. The second-order valence-corrected chi connectivity index (χ2v) is 6.06. The number of rotatable bonds is 5. The number of hydrazine groups is 1. The van der Waals surface area contributed by atoms with E-state index in [0.29, 0.717) is 24.5 Å². The van der Waals surface area contributed by atoms with Gasteiger partial charge in [-0.2, -0.15) is 0 Å². The van der Waals surface area contributed by atoms with E-state index in [1.54, 1.807) is 0 Å². The van der Waals surface area contributed by atoms with Gasteiger partial charge in [-0.1, -0.05) is 0 Å². The Labute approximate surface area is 141 Å². The molecule has 1 atom stereocenters. The number of nitrogens with one attached hydrogen (secondary N) is 1. The van der Waals surface area contributed by atoms with Crippen molar-refractivity contribution in [3.8, 4) is 23.0 Å². The molecule has 134 valence electrons. The standard InChI is InChI=1S/C16H26N4O4/c1-9-10-5-6-16(2,7-8-19-15(17)20-18)24-12(10)14(23-4)13(22-3)11(9)21/h21H,5-8,18H2,1-4H3,(H3,17,19,20). The van der Waals surface area contributed by atoms with Crippen molar-refractivity contribution in [1.82, 2.24) is 5.43 Å². The summed E-state index contributed by atoms with van der Waals surface area (Å²) in [7, 11) is 3.02. The molecule has 1 aromatic rings. The number of ether oxygens (including phenoxy) is 3. The van der Waals surface area contributed by atoms with E-state index in [-0.39, 0.29) is 17.5 Å². The molecule has 0 radical (unpaired) electrons. The minimum Gasteiger partial charge on any atom is -0.504 e. The summed E-state index contributed by atoms with van der Waals surface area (Å²) in [5.74, 6) is 6.79. The molecule has 2 rings (SSSR count). The molecule has 0 saturated carbocycles. The van der Waals surface area contributed by atoms with Gasteiger partial charge in [-0.05, 0) is 26.7 Å². The first kappa shape index (κ1) is 18.0. The maximum Gasteiger partial charge on any atom is 0.207 e. The van der Waals surface area contributed by atoms with E-state index < -0.39 is 5.60 Å². The summed E-state index contributed by atoms with van der Waals surface area (Å²) < 4.78 is 17.0. The summed E-state index contributed by atoms with van der Waals surface area (Å²) >= 11 is 0. The molecule has 0 spiro atoms.